The van der Waals surface area contributed by atoms with Crippen LogP contribution in [0.3, 0.4) is 0 Å². The molecule has 1 aliphatic heterocycles. The molecule has 2 aliphatic carbocycles. The number of hydrogen-bond donors (Lipinski definition) is 1. The summed E-state index contributed by atoms with van der Waals surface area (Å²) in [5.74, 6) is -0.0459. The predicted octanol–water partition coefficient (Wildman–Crippen LogP) is 3.29. The van der Waals surface area contributed by atoms with Crippen LogP contribution in [0.1, 0.15) is 45.4 Å². The van der Waals surface area contributed by atoms with Crippen LogP contribution in [0, 0.1) is 17.8 Å². The summed E-state index contributed by atoms with van der Waals surface area (Å²) in [6, 6.07) is 0. The Kier molecular flexibility index (Phi) is 5.66. The first-order valence-electron chi connectivity index (χ1n) is 9.15. The van der Waals surface area contributed by atoms with E-state index in [-0.39, 0.29) is 11.8 Å². The first-order valence-corrected chi connectivity index (χ1v) is 9.15. The van der Waals surface area contributed by atoms with Crippen molar-refractivity contribution in [3.05, 3.63) is 23.5 Å². The highest BCUT2D eigenvalue weighted by Gasteiger charge is 2.44. The number of amides is 1. The molecule has 3 unspecified atom stereocenters. The fraction of sp³-hybridized carbons (Fsp3) is 0.684. The van der Waals surface area contributed by atoms with Crippen LogP contribution < -0.4 is 5.32 Å². The predicted molar refractivity (Wildman–Crippen MR) is 91.4 cm³/mol. The summed E-state index contributed by atoms with van der Waals surface area (Å²) < 4.78 is 15.9. The third-order valence-corrected chi connectivity index (χ3v) is 5.58. The highest BCUT2D eigenvalue weighted by Crippen LogP contribution is 2.43. The average Bonchev–Trinajstić information content (AvgIpc) is 3.03. The normalized spacial score (nSPS) is 29.0. The minimum Gasteiger partial charge on any atom is -0.466 e. The average molecular weight is 349 g/mol. The molecule has 3 atom stereocenters. The highest BCUT2D eigenvalue weighted by molar-refractivity contribution is 5.89. The van der Waals surface area contributed by atoms with E-state index >= 15 is 0 Å². The smallest absolute Gasteiger partial charge is 0.410 e. The molecule has 0 aromatic carbocycles. The van der Waals surface area contributed by atoms with Gasteiger partial charge in [0.2, 0.25) is 0 Å². The highest BCUT2D eigenvalue weighted by atomic mass is 16.7. The van der Waals surface area contributed by atoms with Crippen molar-refractivity contribution >= 4 is 12.1 Å². The lowest BCUT2D eigenvalue weighted by Gasteiger charge is -2.33. The van der Waals surface area contributed by atoms with Gasteiger partial charge in [0.25, 0.3) is 6.29 Å². The minimum absolute atomic E-state index is 0.0580. The summed E-state index contributed by atoms with van der Waals surface area (Å²) in [6.07, 6.45) is 9.12. The number of nitrogens with one attached hydrogen (secondary N) is 1. The summed E-state index contributed by atoms with van der Waals surface area (Å²) in [7, 11) is 1.36. The molecule has 1 amide bonds. The maximum absolute atomic E-state index is 12.2. The maximum atomic E-state index is 12.2. The van der Waals surface area contributed by atoms with Crippen molar-refractivity contribution in [1.29, 1.82) is 0 Å². The van der Waals surface area contributed by atoms with Gasteiger partial charge in [-0.2, -0.15) is 0 Å². The molecule has 25 heavy (non-hydrogen) atoms. The lowest BCUT2D eigenvalue weighted by molar-refractivity contribution is -0.141. The van der Waals surface area contributed by atoms with Crippen molar-refractivity contribution in [1.82, 2.24) is 5.32 Å². The van der Waals surface area contributed by atoms with Crippen molar-refractivity contribution in [3.8, 4) is 0 Å². The molecular formula is C19H27NO5. The molecule has 6 nitrogen and oxygen atoms in total. The number of esters is 1. The molecular weight excluding hydrogens is 322 g/mol. The number of ether oxygens (including phenoxy) is 3. The molecule has 3 rings (SSSR count). The topological polar surface area (TPSA) is 73.9 Å². The largest absolute Gasteiger partial charge is 0.466 e. The van der Waals surface area contributed by atoms with Crippen LogP contribution in [-0.2, 0) is 19.0 Å². The zero-order chi connectivity index (χ0) is 17.8. The molecule has 0 spiro atoms. The van der Waals surface area contributed by atoms with E-state index in [2.05, 4.69) is 11.4 Å². The second-order valence-corrected chi connectivity index (χ2v) is 7.18. The maximum Gasteiger partial charge on any atom is 0.410 e. The van der Waals surface area contributed by atoms with E-state index in [0.29, 0.717) is 18.0 Å². The van der Waals surface area contributed by atoms with Gasteiger partial charge in [0.15, 0.2) is 0 Å². The fourth-order valence-electron chi connectivity index (χ4n) is 4.13. The van der Waals surface area contributed by atoms with Crippen LogP contribution in [0.5, 0.6) is 0 Å². The number of fused-ring (bicyclic) bond motifs is 1. The number of allylic oxidation sites excluding steroid dienone is 1. The number of alkyl carbamates (subject to hydrolysis) is 1. The Morgan fingerprint density at radius 1 is 1.28 bits per heavy atom. The molecule has 0 saturated heterocycles. The van der Waals surface area contributed by atoms with Gasteiger partial charge in [-0.25, -0.2) is 9.59 Å². The summed E-state index contributed by atoms with van der Waals surface area (Å²) in [5, 5.41) is 2.87. The van der Waals surface area contributed by atoms with E-state index in [0.717, 1.165) is 24.8 Å². The second kappa shape index (κ2) is 7.93. The van der Waals surface area contributed by atoms with Gasteiger partial charge >= 0.3 is 12.1 Å². The molecule has 0 aromatic rings. The summed E-state index contributed by atoms with van der Waals surface area (Å²) >= 11 is 0. The van der Waals surface area contributed by atoms with Gasteiger partial charge < -0.3 is 19.5 Å². The third kappa shape index (κ3) is 3.99. The molecule has 0 radical (unpaired) electrons. The first kappa shape index (κ1) is 17.8. The van der Waals surface area contributed by atoms with Crippen LogP contribution in [0.15, 0.2) is 23.5 Å². The molecule has 1 saturated carbocycles. The second-order valence-electron chi connectivity index (χ2n) is 7.18. The lowest BCUT2D eigenvalue weighted by Crippen LogP contribution is -2.41. The first-order chi connectivity index (χ1) is 12.1. The number of methoxy groups -OCH3 is 1. The Bertz CT molecular complexity index is 576. The van der Waals surface area contributed by atoms with E-state index in [1.807, 2.05) is 6.92 Å². The molecule has 6 heteroatoms. The van der Waals surface area contributed by atoms with Crippen molar-refractivity contribution < 1.29 is 23.8 Å². The van der Waals surface area contributed by atoms with E-state index in [1.54, 1.807) is 0 Å². The van der Waals surface area contributed by atoms with E-state index in [1.165, 1.54) is 32.6 Å². The van der Waals surface area contributed by atoms with Crippen molar-refractivity contribution in [2.75, 3.05) is 13.7 Å². The number of hydrogen-bond acceptors (Lipinski definition) is 5. The zero-order valence-electron chi connectivity index (χ0n) is 15.0. The molecule has 3 aliphatic rings. The molecule has 0 aromatic heterocycles. The van der Waals surface area contributed by atoms with Crippen molar-refractivity contribution in [2.45, 2.75) is 51.7 Å². The van der Waals surface area contributed by atoms with Crippen molar-refractivity contribution in [2.24, 2.45) is 17.8 Å². The molecule has 1 heterocycles. The van der Waals surface area contributed by atoms with Gasteiger partial charge in [-0.1, -0.05) is 30.9 Å². The standard InChI is InChI=1S/C19H27NO5/c1-12-8-9-14-15(17(21)23-2)11-24-18(16(12)14)25-19(22)20-10-13-6-4-3-5-7-13/h8,11,13-14,16,18H,3-7,9-10H2,1-2H3,(H,20,22). The zero-order valence-corrected chi connectivity index (χ0v) is 15.0. The number of rotatable bonds is 4. The number of carbonyl (C=O) groups excluding carboxylic acids is 2. The van der Waals surface area contributed by atoms with Gasteiger partial charge in [0, 0.05) is 12.5 Å². The van der Waals surface area contributed by atoms with Gasteiger partial charge in [0.1, 0.15) is 0 Å². The van der Waals surface area contributed by atoms with E-state index in [9.17, 15) is 9.59 Å². The minimum atomic E-state index is -0.705. The Morgan fingerprint density at radius 2 is 2.04 bits per heavy atom. The van der Waals surface area contributed by atoms with Crippen LogP contribution >= 0.6 is 0 Å². The lowest BCUT2D eigenvalue weighted by atomic mass is 9.84. The van der Waals surface area contributed by atoms with Crippen molar-refractivity contribution in [3.63, 3.8) is 0 Å². The summed E-state index contributed by atoms with van der Waals surface area (Å²) in [4.78, 5) is 24.1. The summed E-state index contributed by atoms with van der Waals surface area (Å²) in [5.41, 5.74) is 1.58. The van der Waals surface area contributed by atoms with Gasteiger partial charge in [-0.3, -0.25) is 0 Å². The number of carbonyl (C=O) groups is 2. The molecule has 138 valence electrons. The van der Waals surface area contributed by atoms with Crippen LogP contribution in [-0.4, -0.2) is 32.0 Å². The Balaban J connectivity index is 1.58. The van der Waals surface area contributed by atoms with Gasteiger partial charge in [-0.05, 0) is 32.1 Å². The Hall–Kier alpha value is -1.98. The Morgan fingerprint density at radius 3 is 2.76 bits per heavy atom. The van der Waals surface area contributed by atoms with Crippen LogP contribution in [0.4, 0.5) is 4.79 Å². The van der Waals surface area contributed by atoms with Gasteiger partial charge in [0.05, 0.1) is 24.9 Å². The summed E-state index contributed by atoms with van der Waals surface area (Å²) in [6.45, 7) is 2.63. The van der Waals surface area contributed by atoms with Gasteiger partial charge in [-0.15, -0.1) is 0 Å². The molecule has 0 bridgehead atoms. The SMILES string of the molecule is COC(=O)C1=COC(OC(=O)NCC2CCCCC2)C2C(C)=CCC12. The molecule has 1 N–H and O–H groups in total. The monoisotopic (exact) mass is 349 g/mol. The Labute approximate surface area is 148 Å². The third-order valence-electron chi connectivity index (χ3n) is 5.58. The van der Waals surface area contributed by atoms with E-state index in [4.69, 9.17) is 14.2 Å². The van der Waals surface area contributed by atoms with E-state index < -0.39 is 18.4 Å². The fourth-order valence-corrected chi connectivity index (χ4v) is 4.13. The quantitative estimate of drug-likeness (QED) is 0.623. The van der Waals surface area contributed by atoms with Crippen LogP contribution in [0.25, 0.3) is 0 Å². The molecule has 1 fully saturated rings. The van der Waals surface area contributed by atoms with Crippen LogP contribution in [0.2, 0.25) is 0 Å².